The van der Waals surface area contributed by atoms with Crippen molar-refractivity contribution in [1.82, 2.24) is 5.32 Å². The molecular weight excluding hydrogens is 214 g/mol. The number of methoxy groups -OCH3 is 1. The average molecular weight is 233 g/mol. The minimum absolute atomic E-state index is 0.106. The Morgan fingerprint density at radius 3 is 2.82 bits per heavy atom. The molecule has 1 atom stereocenters. The highest BCUT2D eigenvalue weighted by molar-refractivity contribution is 5.44. The Balaban J connectivity index is 1.98. The minimum atomic E-state index is 0.106. The van der Waals surface area contributed by atoms with Crippen molar-refractivity contribution in [1.29, 1.82) is 0 Å². The highest BCUT2D eigenvalue weighted by atomic mass is 16.5. The maximum absolute atomic E-state index is 6.19. The van der Waals surface area contributed by atoms with Gasteiger partial charge in [-0.1, -0.05) is 0 Å². The number of ether oxygens (including phenoxy) is 2. The predicted molar refractivity (Wildman–Crippen MR) is 66.6 cm³/mol. The first-order chi connectivity index (χ1) is 8.26. The second-order valence-electron chi connectivity index (χ2n) is 5.09. The Bertz CT molecular complexity index is 426. The van der Waals surface area contributed by atoms with E-state index < -0.39 is 0 Å². The van der Waals surface area contributed by atoms with Crippen LogP contribution in [0.4, 0.5) is 0 Å². The summed E-state index contributed by atoms with van der Waals surface area (Å²) >= 11 is 0. The fraction of sp³-hybridized carbons (Fsp3) is 0.571. The van der Waals surface area contributed by atoms with Crippen molar-refractivity contribution < 1.29 is 9.47 Å². The monoisotopic (exact) mass is 233 g/mol. The number of rotatable bonds is 2. The van der Waals surface area contributed by atoms with Gasteiger partial charge >= 0.3 is 0 Å². The topological polar surface area (TPSA) is 30.5 Å². The summed E-state index contributed by atoms with van der Waals surface area (Å²) in [6.45, 7) is 0. The van der Waals surface area contributed by atoms with E-state index in [0.29, 0.717) is 6.04 Å². The van der Waals surface area contributed by atoms with Crippen LogP contribution >= 0.6 is 0 Å². The molecule has 3 rings (SSSR count). The molecule has 1 aliphatic heterocycles. The first kappa shape index (κ1) is 10.9. The van der Waals surface area contributed by atoms with Crippen LogP contribution in [0.5, 0.6) is 11.5 Å². The molecule has 1 unspecified atom stereocenters. The smallest absolute Gasteiger partial charge is 0.125 e. The lowest BCUT2D eigenvalue weighted by Crippen LogP contribution is -2.48. The lowest BCUT2D eigenvalue weighted by Gasteiger charge is -2.48. The van der Waals surface area contributed by atoms with Gasteiger partial charge in [-0.2, -0.15) is 0 Å². The van der Waals surface area contributed by atoms with Gasteiger partial charge in [0.2, 0.25) is 0 Å². The third-order valence-corrected chi connectivity index (χ3v) is 4.11. The lowest BCUT2D eigenvalue weighted by molar-refractivity contribution is -0.0362. The van der Waals surface area contributed by atoms with Crippen molar-refractivity contribution in [2.75, 3.05) is 14.2 Å². The van der Waals surface area contributed by atoms with Crippen molar-refractivity contribution in [2.45, 2.75) is 37.3 Å². The Kier molecular flexibility index (Phi) is 2.51. The van der Waals surface area contributed by atoms with Gasteiger partial charge in [-0.25, -0.2) is 0 Å². The van der Waals surface area contributed by atoms with Crippen molar-refractivity contribution in [3.8, 4) is 11.5 Å². The molecule has 2 aliphatic rings. The molecule has 0 bridgehead atoms. The van der Waals surface area contributed by atoms with Crippen LogP contribution in [0.1, 0.15) is 37.3 Å². The average Bonchev–Trinajstić information content (AvgIpc) is 2.34. The van der Waals surface area contributed by atoms with Crippen LogP contribution in [0.15, 0.2) is 18.2 Å². The first-order valence-corrected chi connectivity index (χ1v) is 6.30. The highest BCUT2D eigenvalue weighted by Gasteiger charge is 2.45. The second-order valence-corrected chi connectivity index (χ2v) is 5.09. The van der Waals surface area contributed by atoms with E-state index in [1.165, 1.54) is 24.8 Å². The Hall–Kier alpha value is -1.22. The van der Waals surface area contributed by atoms with Gasteiger partial charge < -0.3 is 14.8 Å². The van der Waals surface area contributed by atoms with Gasteiger partial charge in [0, 0.05) is 18.0 Å². The molecule has 1 spiro atoms. The highest BCUT2D eigenvalue weighted by Crippen LogP contribution is 2.49. The Morgan fingerprint density at radius 2 is 2.24 bits per heavy atom. The SMILES string of the molecule is CNC1CC2(CCC2)Oc2ccc(OC)cc21. The molecule has 0 radical (unpaired) electrons. The number of fused-ring (bicyclic) bond motifs is 1. The molecule has 3 nitrogen and oxygen atoms in total. The van der Waals surface area contributed by atoms with Crippen molar-refractivity contribution >= 4 is 0 Å². The van der Waals surface area contributed by atoms with E-state index >= 15 is 0 Å². The zero-order valence-electron chi connectivity index (χ0n) is 10.5. The number of benzene rings is 1. The molecule has 0 amide bonds. The Labute approximate surface area is 102 Å². The van der Waals surface area contributed by atoms with E-state index in [1.807, 2.05) is 19.2 Å². The molecule has 1 aromatic rings. The molecule has 0 aromatic heterocycles. The van der Waals surface area contributed by atoms with E-state index in [0.717, 1.165) is 17.9 Å². The molecule has 3 heteroatoms. The molecule has 1 N–H and O–H groups in total. The van der Waals surface area contributed by atoms with Crippen LogP contribution in [0, 0.1) is 0 Å². The van der Waals surface area contributed by atoms with Crippen molar-refractivity contribution in [3.05, 3.63) is 23.8 Å². The molecule has 1 fully saturated rings. The van der Waals surface area contributed by atoms with E-state index in [-0.39, 0.29) is 5.60 Å². The van der Waals surface area contributed by atoms with Gasteiger partial charge in [0.1, 0.15) is 17.1 Å². The normalized spacial score (nSPS) is 24.7. The quantitative estimate of drug-likeness (QED) is 0.852. The number of hydrogen-bond donors (Lipinski definition) is 1. The number of nitrogens with one attached hydrogen (secondary N) is 1. The molecule has 17 heavy (non-hydrogen) atoms. The summed E-state index contributed by atoms with van der Waals surface area (Å²) in [5.74, 6) is 1.92. The molecule has 0 saturated heterocycles. The first-order valence-electron chi connectivity index (χ1n) is 6.30. The molecule has 92 valence electrons. The van der Waals surface area contributed by atoms with Gasteiger partial charge in [0.25, 0.3) is 0 Å². The zero-order valence-corrected chi connectivity index (χ0v) is 10.5. The summed E-state index contributed by atoms with van der Waals surface area (Å²) in [7, 11) is 3.72. The molecule has 1 saturated carbocycles. The summed E-state index contributed by atoms with van der Waals surface area (Å²) in [4.78, 5) is 0. The fourth-order valence-electron chi connectivity index (χ4n) is 2.91. The third-order valence-electron chi connectivity index (χ3n) is 4.11. The van der Waals surface area contributed by atoms with Gasteiger partial charge in [-0.05, 0) is 44.5 Å². The lowest BCUT2D eigenvalue weighted by atomic mass is 9.73. The van der Waals surface area contributed by atoms with E-state index in [9.17, 15) is 0 Å². The maximum atomic E-state index is 6.19. The van der Waals surface area contributed by atoms with Crippen molar-refractivity contribution in [2.24, 2.45) is 0 Å². The second kappa shape index (κ2) is 3.91. The van der Waals surface area contributed by atoms with Gasteiger partial charge in [0.05, 0.1) is 7.11 Å². The van der Waals surface area contributed by atoms with Crippen LogP contribution in [-0.2, 0) is 0 Å². The van der Waals surface area contributed by atoms with Crippen LogP contribution < -0.4 is 14.8 Å². The summed E-state index contributed by atoms with van der Waals surface area (Å²) in [6, 6.07) is 6.48. The molecule has 1 heterocycles. The van der Waals surface area contributed by atoms with Crippen LogP contribution in [0.2, 0.25) is 0 Å². The predicted octanol–water partition coefficient (Wildman–Crippen LogP) is 2.66. The summed E-state index contributed by atoms with van der Waals surface area (Å²) in [5.41, 5.74) is 1.33. The van der Waals surface area contributed by atoms with E-state index in [2.05, 4.69) is 11.4 Å². The van der Waals surface area contributed by atoms with Crippen LogP contribution in [-0.4, -0.2) is 19.8 Å². The van der Waals surface area contributed by atoms with E-state index in [1.54, 1.807) is 7.11 Å². The zero-order chi connectivity index (χ0) is 11.9. The molecule has 1 aliphatic carbocycles. The van der Waals surface area contributed by atoms with E-state index in [4.69, 9.17) is 9.47 Å². The Morgan fingerprint density at radius 1 is 1.41 bits per heavy atom. The van der Waals surface area contributed by atoms with Gasteiger partial charge in [0.15, 0.2) is 0 Å². The van der Waals surface area contributed by atoms with Crippen molar-refractivity contribution in [3.63, 3.8) is 0 Å². The van der Waals surface area contributed by atoms with Gasteiger partial charge in [-0.15, -0.1) is 0 Å². The van der Waals surface area contributed by atoms with Crippen LogP contribution in [0.3, 0.4) is 0 Å². The number of hydrogen-bond acceptors (Lipinski definition) is 3. The van der Waals surface area contributed by atoms with Gasteiger partial charge in [-0.3, -0.25) is 0 Å². The standard InChI is InChI=1S/C14H19NO2/c1-15-12-9-14(6-3-7-14)17-13-5-4-10(16-2)8-11(12)13/h4-5,8,12,15H,3,6-7,9H2,1-2H3. The maximum Gasteiger partial charge on any atom is 0.125 e. The van der Waals surface area contributed by atoms with Crippen LogP contribution in [0.25, 0.3) is 0 Å². The molecule has 1 aromatic carbocycles. The molecular formula is C14H19NO2. The summed E-state index contributed by atoms with van der Waals surface area (Å²) < 4.78 is 11.5. The summed E-state index contributed by atoms with van der Waals surface area (Å²) in [5, 5.41) is 3.40. The summed E-state index contributed by atoms with van der Waals surface area (Å²) in [6.07, 6.45) is 4.75. The largest absolute Gasteiger partial charge is 0.497 e. The fourth-order valence-corrected chi connectivity index (χ4v) is 2.91. The third kappa shape index (κ3) is 1.69. The minimum Gasteiger partial charge on any atom is -0.497 e.